The molecule has 0 N–H and O–H groups in total. The molecule has 1 unspecified atom stereocenters. The maximum atomic E-state index is 12.6. The van der Waals surface area contributed by atoms with Crippen LogP contribution in [0.2, 0.25) is 0 Å². The number of rotatable bonds is 7. The topological polar surface area (TPSA) is 17.1 Å². The minimum atomic E-state index is 0.222. The molecule has 1 aliphatic rings. The minimum absolute atomic E-state index is 0.222. The molecule has 3 rings (SSSR count). The summed E-state index contributed by atoms with van der Waals surface area (Å²) < 4.78 is 0. The number of benzene rings is 2. The van der Waals surface area contributed by atoms with Crippen LogP contribution in [-0.2, 0) is 0 Å². The van der Waals surface area contributed by atoms with E-state index >= 15 is 0 Å². The molecule has 0 saturated carbocycles. The summed E-state index contributed by atoms with van der Waals surface area (Å²) in [6, 6.07) is 16.5. The van der Waals surface area contributed by atoms with Crippen molar-refractivity contribution in [3.8, 4) is 0 Å². The highest BCUT2D eigenvalue weighted by Crippen LogP contribution is 2.39. The second kappa shape index (κ2) is 8.14. The summed E-state index contributed by atoms with van der Waals surface area (Å²) in [6.07, 6.45) is 8.65. The van der Waals surface area contributed by atoms with Crippen LogP contribution in [0, 0.1) is 19.8 Å². The third kappa shape index (κ3) is 3.94. The summed E-state index contributed by atoms with van der Waals surface area (Å²) >= 11 is 0. The highest BCUT2D eigenvalue weighted by atomic mass is 16.1. The average Bonchev–Trinajstić information content (AvgIpc) is 3.06. The van der Waals surface area contributed by atoms with E-state index in [9.17, 15) is 4.79 Å². The van der Waals surface area contributed by atoms with Crippen LogP contribution in [0.5, 0.6) is 0 Å². The molecule has 1 atom stereocenters. The van der Waals surface area contributed by atoms with Crippen molar-refractivity contribution in [3.63, 3.8) is 0 Å². The number of allylic oxidation sites excluding steroid dienone is 5. The fraction of sp³-hybridized carbons (Fsp3) is 0.240. The summed E-state index contributed by atoms with van der Waals surface area (Å²) in [5.74, 6) is 0.557. The molecule has 0 bridgehead atoms. The van der Waals surface area contributed by atoms with Crippen molar-refractivity contribution < 1.29 is 4.79 Å². The number of hydrogen-bond acceptors (Lipinski definition) is 1. The van der Waals surface area contributed by atoms with Gasteiger partial charge in [0.25, 0.3) is 0 Å². The molecule has 0 saturated heterocycles. The first-order chi connectivity index (χ1) is 12.6. The van der Waals surface area contributed by atoms with Crippen molar-refractivity contribution in [2.75, 3.05) is 0 Å². The van der Waals surface area contributed by atoms with E-state index in [0.29, 0.717) is 12.3 Å². The average molecular weight is 342 g/mol. The van der Waals surface area contributed by atoms with Crippen LogP contribution in [0.15, 0.2) is 78.9 Å². The van der Waals surface area contributed by atoms with E-state index in [1.165, 1.54) is 27.8 Å². The van der Waals surface area contributed by atoms with Crippen LogP contribution >= 0.6 is 0 Å². The Bertz CT molecular complexity index is 868. The summed E-state index contributed by atoms with van der Waals surface area (Å²) in [5.41, 5.74) is 7.14. The molecule has 1 aliphatic carbocycles. The molecule has 26 heavy (non-hydrogen) atoms. The Morgan fingerprint density at radius 1 is 1.04 bits per heavy atom. The van der Waals surface area contributed by atoms with Gasteiger partial charge in [0.05, 0.1) is 0 Å². The SMILES string of the molecule is C=CCC1C(CCC(=O)c2ccc(C)c(C)c2)=CC=C1c1ccccc1. The molecule has 2 aromatic carbocycles. The lowest BCUT2D eigenvalue weighted by molar-refractivity contribution is 0.0982. The van der Waals surface area contributed by atoms with E-state index in [1.807, 2.05) is 30.3 Å². The zero-order valence-electron chi connectivity index (χ0n) is 15.7. The van der Waals surface area contributed by atoms with Gasteiger partial charge in [0.2, 0.25) is 0 Å². The van der Waals surface area contributed by atoms with Crippen molar-refractivity contribution in [1.82, 2.24) is 0 Å². The fourth-order valence-electron chi connectivity index (χ4n) is 3.58. The Morgan fingerprint density at radius 2 is 1.81 bits per heavy atom. The zero-order chi connectivity index (χ0) is 18.5. The van der Waals surface area contributed by atoms with Gasteiger partial charge in [-0.15, -0.1) is 6.58 Å². The number of carbonyl (C=O) groups is 1. The van der Waals surface area contributed by atoms with E-state index in [4.69, 9.17) is 0 Å². The van der Waals surface area contributed by atoms with Gasteiger partial charge in [-0.3, -0.25) is 4.79 Å². The van der Waals surface area contributed by atoms with Gasteiger partial charge >= 0.3 is 0 Å². The van der Waals surface area contributed by atoms with E-state index in [0.717, 1.165) is 18.4 Å². The van der Waals surface area contributed by atoms with Crippen LogP contribution in [0.25, 0.3) is 5.57 Å². The van der Waals surface area contributed by atoms with Gasteiger partial charge in [-0.2, -0.15) is 0 Å². The molecule has 0 aliphatic heterocycles. The highest BCUT2D eigenvalue weighted by Gasteiger charge is 2.23. The Labute approximate surface area is 156 Å². The Balaban J connectivity index is 1.69. The normalized spacial score (nSPS) is 16.2. The monoisotopic (exact) mass is 342 g/mol. The minimum Gasteiger partial charge on any atom is -0.294 e. The number of aryl methyl sites for hydroxylation is 2. The van der Waals surface area contributed by atoms with E-state index in [-0.39, 0.29) is 5.78 Å². The van der Waals surface area contributed by atoms with Gasteiger partial charge in [-0.05, 0) is 55.0 Å². The van der Waals surface area contributed by atoms with Crippen LogP contribution in [0.3, 0.4) is 0 Å². The molecule has 1 nitrogen and oxygen atoms in total. The third-order valence-electron chi connectivity index (χ3n) is 5.28. The number of carbonyl (C=O) groups excluding carboxylic acids is 1. The maximum Gasteiger partial charge on any atom is 0.163 e. The number of hydrogen-bond donors (Lipinski definition) is 0. The first-order valence-electron chi connectivity index (χ1n) is 9.27. The number of ketones is 1. The predicted octanol–water partition coefficient (Wildman–Crippen LogP) is 6.48. The van der Waals surface area contributed by atoms with Crippen molar-refractivity contribution in [3.05, 3.63) is 101 Å². The molecule has 0 radical (unpaired) electrons. The standard InChI is InChI=1S/C25H26O/c1-4-8-23-21(13-15-24(23)20-9-6-5-7-10-20)14-16-25(26)22-12-11-18(2)19(3)17-22/h4-7,9-13,15,17,23H,1,8,14,16H2,2-3H3. The molecular weight excluding hydrogens is 316 g/mol. The zero-order valence-corrected chi connectivity index (χ0v) is 15.7. The maximum absolute atomic E-state index is 12.6. The van der Waals surface area contributed by atoms with Gasteiger partial charge in [0, 0.05) is 17.9 Å². The summed E-state index contributed by atoms with van der Waals surface area (Å²) in [7, 11) is 0. The van der Waals surface area contributed by atoms with Crippen LogP contribution in [-0.4, -0.2) is 5.78 Å². The van der Waals surface area contributed by atoms with Crippen molar-refractivity contribution in [1.29, 1.82) is 0 Å². The fourth-order valence-corrected chi connectivity index (χ4v) is 3.58. The third-order valence-corrected chi connectivity index (χ3v) is 5.28. The summed E-state index contributed by atoms with van der Waals surface area (Å²) in [6.45, 7) is 8.06. The lowest BCUT2D eigenvalue weighted by Gasteiger charge is -2.18. The molecule has 0 aromatic heterocycles. The van der Waals surface area contributed by atoms with Gasteiger partial charge < -0.3 is 0 Å². The van der Waals surface area contributed by atoms with Gasteiger partial charge in [-0.1, -0.05) is 66.3 Å². The quantitative estimate of drug-likeness (QED) is 0.415. The summed E-state index contributed by atoms with van der Waals surface area (Å²) in [5, 5.41) is 0. The van der Waals surface area contributed by atoms with E-state index in [2.05, 4.69) is 56.8 Å². The van der Waals surface area contributed by atoms with Crippen molar-refractivity contribution in [2.45, 2.75) is 33.1 Å². The smallest absolute Gasteiger partial charge is 0.163 e. The van der Waals surface area contributed by atoms with Crippen molar-refractivity contribution in [2.24, 2.45) is 5.92 Å². The van der Waals surface area contributed by atoms with Crippen LogP contribution in [0.1, 0.15) is 46.3 Å². The molecule has 0 amide bonds. The Hall–Kier alpha value is -2.67. The van der Waals surface area contributed by atoms with Gasteiger partial charge in [0.1, 0.15) is 0 Å². The highest BCUT2D eigenvalue weighted by molar-refractivity contribution is 5.96. The first kappa shape index (κ1) is 18.1. The Morgan fingerprint density at radius 3 is 2.50 bits per heavy atom. The molecule has 2 aromatic rings. The molecule has 0 fully saturated rings. The van der Waals surface area contributed by atoms with E-state index in [1.54, 1.807) is 0 Å². The molecule has 0 heterocycles. The molecule has 0 spiro atoms. The molecule has 132 valence electrons. The van der Waals surface area contributed by atoms with Gasteiger partial charge in [0.15, 0.2) is 5.78 Å². The van der Waals surface area contributed by atoms with Crippen LogP contribution < -0.4 is 0 Å². The Kier molecular flexibility index (Phi) is 5.68. The lowest BCUT2D eigenvalue weighted by atomic mass is 9.85. The van der Waals surface area contributed by atoms with Gasteiger partial charge in [-0.25, -0.2) is 0 Å². The largest absolute Gasteiger partial charge is 0.294 e. The molecule has 1 heteroatoms. The van der Waals surface area contributed by atoms with Crippen molar-refractivity contribution >= 4 is 11.4 Å². The summed E-state index contributed by atoms with van der Waals surface area (Å²) in [4.78, 5) is 12.6. The van der Waals surface area contributed by atoms with Crippen LogP contribution in [0.4, 0.5) is 0 Å². The first-order valence-corrected chi connectivity index (χ1v) is 9.27. The molecular formula is C25H26O. The predicted molar refractivity (Wildman–Crippen MR) is 110 cm³/mol. The van der Waals surface area contributed by atoms with E-state index < -0.39 is 0 Å². The number of Topliss-reactive ketones (excluding diaryl/α,β-unsaturated/α-hetero) is 1. The second-order valence-corrected chi connectivity index (χ2v) is 7.03. The second-order valence-electron chi connectivity index (χ2n) is 7.03. The lowest BCUT2D eigenvalue weighted by Crippen LogP contribution is -2.06.